The summed E-state index contributed by atoms with van der Waals surface area (Å²) in [6.07, 6.45) is 0.0545. The zero-order valence-electron chi connectivity index (χ0n) is 17.3. The highest BCUT2D eigenvalue weighted by Gasteiger charge is 2.36. The third-order valence-electron chi connectivity index (χ3n) is 5.12. The van der Waals surface area contributed by atoms with Crippen molar-refractivity contribution in [2.45, 2.75) is 45.5 Å². The molecule has 0 radical (unpaired) electrons. The van der Waals surface area contributed by atoms with Crippen molar-refractivity contribution in [3.05, 3.63) is 65.4 Å². The van der Waals surface area contributed by atoms with E-state index in [1.807, 2.05) is 4.57 Å². The van der Waals surface area contributed by atoms with Crippen LogP contribution in [0.25, 0.3) is 17.2 Å². The maximum absolute atomic E-state index is 13.6. The topological polar surface area (TPSA) is 97.4 Å². The van der Waals surface area contributed by atoms with Gasteiger partial charge in [0.25, 0.3) is 0 Å². The number of unbranched alkanes of at least 4 members (excludes halogenated alkanes) is 1. The number of rotatable bonds is 8. The monoisotopic (exact) mass is 445 g/mol. The number of H-pyrrole nitrogens is 1. The minimum atomic E-state index is -4.55. The first-order chi connectivity index (χ1) is 15.4. The normalized spacial score (nSPS) is 11.9. The van der Waals surface area contributed by atoms with Gasteiger partial charge in [-0.3, -0.25) is 0 Å². The average molecular weight is 445 g/mol. The van der Waals surface area contributed by atoms with Gasteiger partial charge in [0.1, 0.15) is 11.5 Å². The van der Waals surface area contributed by atoms with E-state index in [2.05, 4.69) is 32.5 Å². The second-order valence-corrected chi connectivity index (χ2v) is 7.38. The zero-order chi connectivity index (χ0) is 22.7. The lowest BCUT2D eigenvalue weighted by atomic mass is 10.2. The molecule has 2 N–H and O–H groups in total. The van der Waals surface area contributed by atoms with Crippen LogP contribution in [0.4, 0.5) is 13.2 Å². The van der Waals surface area contributed by atoms with Gasteiger partial charge in [0, 0.05) is 24.8 Å². The Morgan fingerprint density at radius 2 is 1.88 bits per heavy atom. The van der Waals surface area contributed by atoms with E-state index >= 15 is 0 Å². The molecule has 168 valence electrons. The first kappa shape index (κ1) is 21.8. The molecular formula is C21H22F3N7O. The molecule has 8 nitrogen and oxygen atoms in total. The summed E-state index contributed by atoms with van der Waals surface area (Å²) >= 11 is 0. The standard InChI is InChI=1S/C21H22F3N7O/c1-2-3-4-19-25-15(13-32)12-30(19)11-14-5-7-16(8-6-14)31-17(20-26-28-29-27-20)9-10-18(31)21(22,23)24/h5-10,12,32H,2-4,11,13H2,1H3,(H,26,27,28,29). The van der Waals surface area contributed by atoms with E-state index in [4.69, 9.17) is 0 Å². The summed E-state index contributed by atoms with van der Waals surface area (Å²) in [4.78, 5) is 4.46. The van der Waals surface area contributed by atoms with Crippen LogP contribution in [0.2, 0.25) is 0 Å². The van der Waals surface area contributed by atoms with Gasteiger partial charge in [-0.05, 0) is 41.5 Å². The Labute approximate surface area is 181 Å². The number of nitrogens with zero attached hydrogens (tertiary/aromatic N) is 6. The summed E-state index contributed by atoms with van der Waals surface area (Å²) in [5.41, 5.74) is 1.19. The summed E-state index contributed by atoms with van der Waals surface area (Å²) in [7, 11) is 0. The Balaban J connectivity index is 1.66. The molecule has 0 fully saturated rings. The number of tetrazole rings is 1. The molecule has 3 heterocycles. The quantitative estimate of drug-likeness (QED) is 0.431. The Hall–Kier alpha value is -3.47. The molecule has 0 atom stereocenters. The average Bonchev–Trinajstić information content (AvgIpc) is 3.51. The van der Waals surface area contributed by atoms with Crippen LogP contribution < -0.4 is 0 Å². The molecule has 3 aromatic heterocycles. The molecule has 4 rings (SSSR count). The van der Waals surface area contributed by atoms with E-state index in [0.717, 1.165) is 41.3 Å². The summed E-state index contributed by atoms with van der Waals surface area (Å²) in [5, 5.41) is 22.8. The van der Waals surface area contributed by atoms with Crippen molar-refractivity contribution in [1.82, 2.24) is 34.7 Å². The Morgan fingerprint density at radius 3 is 2.50 bits per heavy atom. The number of aromatic amines is 1. The molecule has 11 heteroatoms. The molecule has 0 aliphatic carbocycles. The van der Waals surface area contributed by atoms with Gasteiger partial charge in [0.2, 0.25) is 5.82 Å². The number of halogens is 3. The lowest BCUT2D eigenvalue weighted by Crippen LogP contribution is -2.13. The van der Waals surface area contributed by atoms with Crippen LogP contribution in [0.1, 0.15) is 42.5 Å². The maximum atomic E-state index is 13.6. The predicted octanol–water partition coefficient (Wildman–Crippen LogP) is 3.76. The predicted molar refractivity (Wildman–Crippen MR) is 110 cm³/mol. The first-order valence-corrected chi connectivity index (χ1v) is 10.2. The molecule has 32 heavy (non-hydrogen) atoms. The van der Waals surface area contributed by atoms with E-state index in [0.29, 0.717) is 17.9 Å². The van der Waals surface area contributed by atoms with Gasteiger partial charge < -0.3 is 14.2 Å². The molecule has 0 saturated carbocycles. The van der Waals surface area contributed by atoms with Crippen LogP contribution in [0.3, 0.4) is 0 Å². The number of aromatic nitrogens is 7. The summed E-state index contributed by atoms with van der Waals surface area (Å²) in [6, 6.07) is 9.13. The zero-order valence-corrected chi connectivity index (χ0v) is 17.3. The van der Waals surface area contributed by atoms with Gasteiger partial charge in [0.05, 0.1) is 18.0 Å². The maximum Gasteiger partial charge on any atom is 0.431 e. The molecule has 0 amide bonds. The van der Waals surface area contributed by atoms with Crippen LogP contribution in [0, 0.1) is 0 Å². The Kier molecular flexibility index (Phi) is 6.08. The SMILES string of the molecule is CCCCc1nc(CO)cn1Cc1ccc(-n2c(-c3nn[nH]n3)ccc2C(F)(F)F)cc1. The number of hydrogen-bond acceptors (Lipinski definition) is 5. The summed E-state index contributed by atoms with van der Waals surface area (Å²) in [6.45, 7) is 2.46. The van der Waals surface area contributed by atoms with Crippen LogP contribution in [0.15, 0.2) is 42.6 Å². The lowest BCUT2D eigenvalue weighted by Gasteiger charge is -2.15. The first-order valence-electron chi connectivity index (χ1n) is 10.2. The van der Waals surface area contributed by atoms with Crippen LogP contribution in [0.5, 0.6) is 0 Å². The molecule has 0 spiro atoms. The molecule has 1 aromatic carbocycles. The fourth-order valence-corrected chi connectivity index (χ4v) is 3.59. The summed E-state index contributed by atoms with van der Waals surface area (Å²) in [5.74, 6) is 0.948. The van der Waals surface area contributed by atoms with Gasteiger partial charge in [-0.25, -0.2) is 4.98 Å². The van der Waals surface area contributed by atoms with E-state index in [9.17, 15) is 18.3 Å². The van der Waals surface area contributed by atoms with Gasteiger partial charge in [-0.15, -0.1) is 10.2 Å². The van der Waals surface area contributed by atoms with Crippen molar-refractivity contribution in [2.75, 3.05) is 0 Å². The van der Waals surface area contributed by atoms with Crippen molar-refractivity contribution in [2.24, 2.45) is 0 Å². The van der Waals surface area contributed by atoms with Crippen LogP contribution >= 0.6 is 0 Å². The number of aryl methyl sites for hydroxylation is 1. The van der Waals surface area contributed by atoms with E-state index in [1.165, 1.54) is 6.07 Å². The second kappa shape index (κ2) is 8.95. The van der Waals surface area contributed by atoms with E-state index < -0.39 is 11.9 Å². The number of benzene rings is 1. The van der Waals surface area contributed by atoms with Crippen LogP contribution in [-0.4, -0.2) is 39.8 Å². The van der Waals surface area contributed by atoms with Crippen molar-refractivity contribution in [1.29, 1.82) is 0 Å². The van der Waals surface area contributed by atoms with Crippen LogP contribution in [-0.2, 0) is 25.7 Å². The smallest absolute Gasteiger partial charge is 0.390 e. The number of alkyl halides is 3. The highest BCUT2D eigenvalue weighted by molar-refractivity contribution is 5.57. The fourth-order valence-electron chi connectivity index (χ4n) is 3.59. The number of imidazole rings is 1. The highest BCUT2D eigenvalue weighted by Crippen LogP contribution is 2.35. The van der Waals surface area contributed by atoms with Gasteiger partial charge >= 0.3 is 6.18 Å². The van der Waals surface area contributed by atoms with Gasteiger partial charge in [-0.1, -0.05) is 25.5 Å². The second-order valence-electron chi connectivity index (χ2n) is 7.38. The third kappa shape index (κ3) is 4.42. The molecular weight excluding hydrogens is 423 g/mol. The number of nitrogens with one attached hydrogen (secondary N) is 1. The molecule has 0 aliphatic heterocycles. The molecule has 4 aromatic rings. The van der Waals surface area contributed by atoms with Crippen molar-refractivity contribution < 1.29 is 18.3 Å². The van der Waals surface area contributed by atoms with Crippen molar-refractivity contribution >= 4 is 0 Å². The number of aliphatic hydroxyl groups is 1. The minimum absolute atomic E-state index is 0.0695. The Bertz CT molecular complexity index is 1160. The van der Waals surface area contributed by atoms with Crippen molar-refractivity contribution in [3.63, 3.8) is 0 Å². The summed E-state index contributed by atoms with van der Waals surface area (Å²) < 4.78 is 43.9. The molecule has 0 bridgehead atoms. The van der Waals surface area contributed by atoms with Gasteiger partial charge in [0.15, 0.2) is 0 Å². The Morgan fingerprint density at radius 1 is 1.09 bits per heavy atom. The minimum Gasteiger partial charge on any atom is -0.390 e. The van der Waals surface area contributed by atoms with E-state index in [1.54, 1.807) is 30.5 Å². The van der Waals surface area contributed by atoms with E-state index in [-0.39, 0.29) is 18.1 Å². The number of hydrogen-bond donors (Lipinski definition) is 2. The molecule has 0 saturated heterocycles. The third-order valence-corrected chi connectivity index (χ3v) is 5.12. The highest BCUT2D eigenvalue weighted by atomic mass is 19.4. The largest absolute Gasteiger partial charge is 0.431 e. The molecule has 0 unspecified atom stereocenters. The fraction of sp³-hybridized carbons (Fsp3) is 0.333. The molecule has 0 aliphatic rings. The number of aliphatic hydroxyl groups excluding tert-OH is 1. The lowest BCUT2D eigenvalue weighted by molar-refractivity contribution is -0.142. The van der Waals surface area contributed by atoms with Gasteiger partial charge in [-0.2, -0.15) is 18.4 Å². The van der Waals surface area contributed by atoms with Crippen molar-refractivity contribution in [3.8, 4) is 17.2 Å².